The van der Waals surface area contributed by atoms with Crippen LogP contribution >= 0.6 is 11.3 Å². The molecule has 2 heterocycles. The summed E-state index contributed by atoms with van der Waals surface area (Å²) in [7, 11) is 0. The Morgan fingerprint density at radius 2 is 2.00 bits per heavy atom. The molecule has 3 amide bonds. The molecule has 9 nitrogen and oxygen atoms in total. The summed E-state index contributed by atoms with van der Waals surface area (Å²) in [6.07, 6.45) is 4.32. The van der Waals surface area contributed by atoms with Gasteiger partial charge in [0.05, 0.1) is 11.7 Å². The highest BCUT2D eigenvalue weighted by molar-refractivity contribution is 7.10. The maximum atomic E-state index is 12.4. The summed E-state index contributed by atoms with van der Waals surface area (Å²) in [6.45, 7) is -0.170. The van der Waals surface area contributed by atoms with Crippen molar-refractivity contribution in [3.8, 4) is 29.7 Å². The number of thiazole rings is 1. The topological polar surface area (TPSA) is 143 Å². The summed E-state index contributed by atoms with van der Waals surface area (Å²) in [6, 6.07) is 13.0. The maximum Gasteiger partial charge on any atom is 0.404 e. The first kappa shape index (κ1) is 21.3. The minimum atomic E-state index is -0.959. The number of terminal acetylenes is 1. The number of benzene rings is 1. The van der Waals surface area contributed by atoms with E-state index >= 15 is 0 Å². The summed E-state index contributed by atoms with van der Waals surface area (Å²) in [4.78, 5) is 31.7. The van der Waals surface area contributed by atoms with E-state index in [1.807, 2.05) is 6.07 Å². The number of rotatable bonds is 6. The van der Waals surface area contributed by atoms with Crippen molar-refractivity contribution in [2.24, 2.45) is 5.73 Å². The quantitative estimate of drug-likeness (QED) is 0.511. The summed E-state index contributed by atoms with van der Waals surface area (Å²) >= 11 is 1.22. The summed E-state index contributed by atoms with van der Waals surface area (Å²) < 4.78 is 4.88. The van der Waals surface area contributed by atoms with Gasteiger partial charge in [-0.05, 0) is 23.6 Å². The smallest absolute Gasteiger partial charge is 0.404 e. The summed E-state index contributed by atoms with van der Waals surface area (Å²) in [5.74, 6) is 2.70. The predicted octanol–water partition coefficient (Wildman–Crippen LogP) is 3.02. The molecule has 0 aliphatic carbocycles. The zero-order chi connectivity index (χ0) is 22.2. The number of amides is 3. The van der Waals surface area contributed by atoms with E-state index in [4.69, 9.17) is 22.2 Å². The van der Waals surface area contributed by atoms with E-state index in [0.29, 0.717) is 27.8 Å². The number of nitriles is 1. The van der Waals surface area contributed by atoms with Crippen molar-refractivity contribution >= 4 is 29.3 Å². The number of pyridine rings is 1. The average Bonchev–Trinajstić information content (AvgIpc) is 3.24. The van der Waals surface area contributed by atoms with Gasteiger partial charge in [0.1, 0.15) is 24.2 Å². The average molecular weight is 432 g/mol. The van der Waals surface area contributed by atoms with Crippen molar-refractivity contribution in [2.45, 2.75) is 6.04 Å². The number of anilines is 1. The minimum Gasteiger partial charge on any atom is -0.447 e. The van der Waals surface area contributed by atoms with Gasteiger partial charge in [0.15, 0.2) is 5.01 Å². The number of aromatic nitrogens is 2. The van der Waals surface area contributed by atoms with Crippen LogP contribution in [0.5, 0.6) is 0 Å². The Morgan fingerprint density at radius 1 is 1.23 bits per heavy atom. The third-order valence-electron chi connectivity index (χ3n) is 4.04. The van der Waals surface area contributed by atoms with Gasteiger partial charge in [-0.25, -0.2) is 19.6 Å². The highest BCUT2D eigenvalue weighted by Gasteiger charge is 2.17. The van der Waals surface area contributed by atoms with E-state index in [1.54, 1.807) is 47.8 Å². The second-order valence-corrected chi connectivity index (χ2v) is 6.96. The first-order valence-electron chi connectivity index (χ1n) is 8.88. The van der Waals surface area contributed by atoms with E-state index in [-0.39, 0.29) is 6.61 Å². The molecule has 1 atom stereocenters. The first-order chi connectivity index (χ1) is 15.0. The number of ether oxygens (including phenoxy) is 1. The SMILES string of the molecule is C#Cc1nc(NC(=O)N[C@@H](COC(N)=O)c2ccc(-c3cccc(C#N)n3)cc2)cs1. The van der Waals surface area contributed by atoms with E-state index in [9.17, 15) is 9.59 Å². The third kappa shape index (κ3) is 5.79. The number of nitrogens with zero attached hydrogens (tertiary/aromatic N) is 3. The molecule has 0 unspecified atom stereocenters. The van der Waals surface area contributed by atoms with Gasteiger partial charge >= 0.3 is 12.1 Å². The van der Waals surface area contributed by atoms with Gasteiger partial charge in [-0.3, -0.25) is 5.32 Å². The minimum absolute atomic E-state index is 0.170. The molecule has 0 bridgehead atoms. The molecular formula is C21H16N6O3S. The Labute approximate surface area is 181 Å². The number of urea groups is 1. The Kier molecular flexibility index (Phi) is 6.78. The largest absolute Gasteiger partial charge is 0.447 e. The van der Waals surface area contributed by atoms with Crippen LogP contribution in [0.2, 0.25) is 0 Å². The number of hydrogen-bond acceptors (Lipinski definition) is 7. The van der Waals surface area contributed by atoms with Crippen molar-refractivity contribution in [3.05, 3.63) is 64.1 Å². The van der Waals surface area contributed by atoms with E-state index in [1.165, 1.54) is 11.3 Å². The van der Waals surface area contributed by atoms with Crippen LogP contribution in [0.4, 0.5) is 15.4 Å². The third-order valence-corrected chi connectivity index (χ3v) is 4.81. The zero-order valence-corrected chi connectivity index (χ0v) is 16.8. The number of carbonyl (C=O) groups excluding carboxylic acids is 2. The molecule has 31 heavy (non-hydrogen) atoms. The molecule has 0 saturated heterocycles. The molecule has 1 aromatic carbocycles. The van der Waals surface area contributed by atoms with Crippen LogP contribution in [0.1, 0.15) is 22.3 Å². The van der Waals surface area contributed by atoms with E-state index in [0.717, 1.165) is 5.56 Å². The number of carbonyl (C=O) groups is 2. The molecule has 2 aromatic heterocycles. The Hall–Kier alpha value is -4.41. The van der Waals surface area contributed by atoms with Gasteiger partial charge in [-0.2, -0.15) is 5.26 Å². The Morgan fingerprint density at radius 3 is 2.65 bits per heavy atom. The van der Waals surface area contributed by atoms with Crippen LogP contribution in [0.25, 0.3) is 11.3 Å². The van der Waals surface area contributed by atoms with Crippen LogP contribution in [-0.2, 0) is 4.74 Å². The number of hydrogen-bond donors (Lipinski definition) is 3. The second kappa shape index (κ2) is 9.87. The lowest BCUT2D eigenvalue weighted by molar-refractivity contribution is 0.144. The van der Waals surface area contributed by atoms with Gasteiger partial charge in [-0.1, -0.05) is 30.3 Å². The molecular weight excluding hydrogens is 416 g/mol. The monoisotopic (exact) mass is 432 g/mol. The fourth-order valence-corrected chi connectivity index (χ4v) is 3.19. The molecule has 0 radical (unpaired) electrons. The number of nitrogens with two attached hydrogens (primary N) is 1. The molecule has 3 aromatic rings. The van der Waals surface area contributed by atoms with Gasteiger partial charge in [-0.15, -0.1) is 17.8 Å². The predicted molar refractivity (Wildman–Crippen MR) is 115 cm³/mol. The van der Waals surface area contributed by atoms with Crippen LogP contribution in [0, 0.1) is 23.7 Å². The normalized spacial score (nSPS) is 10.9. The second-order valence-electron chi connectivity index (χ2n) is 6.11. The fourth-order valence-electron chi connectivity index (χ4n) is 2.64. The molecule has 0 aliphatic rings. The fraction of sp³-hybridized carbons (Fsp3) is 0.0952. The van der Waals surface area contributed by atoms with Crippen molar-refractivity contribution in [3.63, 3.8) is 0 Å². The van der Waals surface area contributed by atoms with Crippen LogP contribution in [0.15, 0.2) is 47.8 Å². The molecule has 3 rings (SSSR count). The van der Waals surface area contributed by atoms with Gasteiger partial charge in [0.2, 0.25) is 0 Å². The van der Waals surface area contributed by atoms with Crippen LogP contribution in [-0.4, -0.2) is 28.7 Å². The molecule has 154 valence electrons. The van der Waals surface area contributed by atoms with Crippen LogP contribution < -0.4 is 16.4 Å². The molecule has 4 N–H and O–H groups in total. The molecule has 0 saturated carbocycles. The van der Waals surface area contributed by atoms with Crippen molar-refractivity contribution in [2.75, 3.05) is 11.9 Å². The Bertz CT molecular complexity index is 1180. The van der Waals surface area contributed by atoms with Gasteiger partial charge < -0.3 is 15.8 Å². The molecule has 10 heteroatoms. The summed E-state index contributed by atoms with van der Waals surface area (Å²) in [5, 5.41) is 16.4. The number of primary amides is 1. The Balaban J connectivity index is 1.76. The summed E-state index contributed by atoms with van der Waals surface area (Å²) in [5.41, 5.74) is 7.46. The zero-order valence-electron chi connectivity index (χ0n) is 16.0. The molecule has 0 spiro atoms. The van der Waals surface area contributed by atoms with Gasteiger partial charge in [0.25, 0.3) is 0 Å². The molecule has 0 aliphatic heterocycles. The van der Waals surface area contributed by atoms with Crippen molar-refractivity contribution in [1.82, 2.24) is 15.3 Å². The standard InChI is InChI=1S/C21H16N6O3S/c1-2-19-26-18(12-31-19)27-21(29)25-17(11-30-20(23)28)14-8-6-13(7-9-14)16-5-3-4-15(10-22)24-16/h1,3-9,12,17H,11H2,(H2,23,28)(H2,25,27,29)/t17-/m0/s1. The van der Waals surface area contributed by atoms with Gasteiger partial charge in [0, 0.05) is 10.9 Å². The molecule has 0 fully saturated rings. The van der Waals surface area contributed by atoms with E-state index in [2.05, 4.69) is 26.5 Å². The maximum absolute atomic E-state index is 12.4. The van der Waals surface area contributed by atoms with Crippen LogP contribution in [0.3, 0.4) is 0 Å². The first-order valence-corrected chi connectivity index (χ1v) is 9.76. The lowest BCUT2D eigenvalue weighted by atomic mass is 10.0. The number of nitrogens with one attached hydrogen (secondary N) is 2. The van der Waals surface area contributed by atoms with E-state index < -0.39 is 18.2 Å². The van der Waals surface area contributed by atoms with Crippen molar-refractivity contribution in [1.29, 1.82) is 5.26 Å². The lowest BCUT2D eigenvalue weighted by Crippen LogP contribution is -2.36. The highest BCUT2D eigenvalue weighted by Crippen LogP contribution is 2.22. The lowest BCUT2D eigenvalue weighted by Gasteiger charge is -2.19. The van der Waals surface area contributed by atoms with Crippen molar-refractivity contribution < 1.29 is 14.3 Å². The highest BCUT2D eigenvalue weighted by atomic mass is 32.1.